The second kappa shape index (κ2) is 7.12. The van der Waals surface area contributed by atoms with Crippen LogP contribution in [0.25, 0.3) is 0 Å². The molecule has 0 saturated heterocycles. The first-order valence-corrected chi connectivity index (χ1v) is 9.01. The fourth-order valence-electron chi connectivity index (χ4n) is 3.82. The first kappa shape index (κ1) is 16.5. The lowest BCUT2D eigenvalue weighted by molar-refractivity contribution is 0.413. The monoisotopic (exact) mass is 345 g/mol. The van der Waals surface area contributed by atoms with Gasteiger partial charge in [0.2, 0.25) is 0 Å². The molecule has 1 atom stereocenters. The molecule has 0 aromatic heterocycles. The van der Waals surface area contributed by atoms with Crippen molar-refractivity contribution >= 4 is 5.69 Å². The number of phenolic OH excluding ortho intramolecular Hbond substituents is 1. The number of benzene rings is 3. The SMILES string of the molecule is COc1ccc2c(c1)CCN(c1ccccc1)C2Cc1ccc(O)cc1. The maximum Gasteiger partial charge on any atom is 0.119 e. The van der Waals surface area contributed by atoms with Gasteiger partial charge in [0, 0.05) is 12.2 Å². The van der Waals surface area contributed by atoms with E-state index in [1.54, 1.807) is 19.2 Å². The summed E-state index contributed by atoms with van der Waals surface area (Å²) in [6.45, 7) is 0.979. The summed E-state index contributed by atoms with van der Waals surface area (Å²) in [6.07, 6.45) is 1.90. The predicted octanol–water partition coefficient (Wildman–Crippen LogP) is 4.75. The molecule has 3 aromatic rings. The number of methoxy groups -OCH3 is 1. The van der Waals surface area contributed by atoms with Crippen LogP contribution in [0.1, 0.15) is 22.7 Å². The summed E-state index contributed by atoms with van der Waals surface area (Å²) < 4.78 is 5.42. The Hall–Kier alpha value is -2.94. The van der Waals surface area contributed by atoms with Crippen LogP contribution in [0.2, 0.25) is 0 Å². The van der Waals surface area contributed by atoms with Gasteiger partial charge in [-0.25, -0.2) is 0 Å². The second-order valence-corrected chi connectivity index (χ2v) is 6.73. The number of ether oxygens (including phenoxy) is 1. The van der Waals surface area contributed by atoms with E-state index in [9.17, 15) is 5.11 Å². The number of rotatable bonds is 4. The summed E-state index contributed by atoms with van der Waals surface area (Å²) in [5.41, 5.74) is 5.18. The third-order valence-electron chi connectivity index (χ3n) is 5.16. The highest BCUT2D eigenvalue weighted by Gasteiger charge is 2.28. The highest BCUT2D eigenvalue weighted by Crippen LogP contribution is 2.37. The number of hydrogen-bond donors (Lipinski definition) is 1. The lowest BCUT2D eigenvalue weighted by Gasteiger charge is -2.39. The van der Waals surface area contributed by atoms with Crippen molar-refractivity contribution in [1.82, 2.24) is 0 Å². The smallest absolute Gasteiger partial charge is 0.119 e. The molecule has 1 aliphatic heterocycles. The van der Waals surface area contributed by atoms with E-state index in [0.717, 1.165) is 25.1 Å². The number of anilines is 1. The lowest BCUT2D eigenvalue weighted by atomic mass is 9.88. The van der Waals surface area contributed by atoms with Crippen LogP contribution in [0.4, 0.5) is 5.69 Å². The molecule has 1 unspecified atom stereocenters. The summed E-state index contributed by atoms with van der Waals surface area (Å²) in [7, 11) is 1.72. The van der Waals surface area contributed by atoms with Crippen LogP contribution in [-0.2, 0) is 12.8 Å². The molecule has 3 aromatic carbocycles. The van der Waals surface area contributed by atoms with E-state index in [1.807, 2.05) is 12.1 Å². The molecule has 3 nitrogen and oxygen atoms in total. The Morgan fingerprint density at radius 2 is 1.77 bits per heavy atom. The van der Waals surface area contributed by atoms with Crippen molar-refractivity contribution in [2.24, 2.45) is 0 Å². The summed E-state index contributed by atoms with van der Waals surface area (Å²) >= 11 is 0. The van der Waals surface area contributed by atoms with Crippen LogP contribution in [0, 0.1) is 0 Å². The highest BCUT2D eigenvalue weighted by atomic mass is 16.5. The van der Waals surface area contributed by atoms with Gasteiger partial charge in [-0.15, -0.1) is 0 Å². The Morgan fingerprint density at radius 1 is 1.00 bits per heavy atom. The Labute approximate surface area is 154 Å². The van der Waals surface area contributed by atoms with Crippen LogP contribution in [-0.4, -0.2) is 18.8 Å². The number of fused-ring (bicyclic) bond motifs is 1. The minimum atomic E-state index is 0.261. The third kappa shape index (κ3) is 3.25. The molecule has 1 aliphatic rings. The van der Waals surface area contributed by atoms with Crippen LogP contribution in [0.15, 0.2) is 72.8 Å². The van der Waals surface area contributed by atoms with Gasteiger partial charge in [0.05, 0.1) is 13.2 Å². The number of phenols is 1. The quantitative estimate of drug-likeness (QED) is 0.741. The maximum absolute atomic E-state index is 9.58. The van der Waals surface area contributed by atoms with Crippen molar-refractivity contribution < 1.29 is 9.84 Å². The predicted molar refractivity (Wildman–Crippen MR) is 105 cm³/mol. The molecule has 0 spiro atoms. The molecular weight excluding hydrogens is 322 g/mol. The van der Waals surface area contributed by atoms with Gasteiger partial charge < -0.3 is 14.7 Å². The average molecular weight is 345 g/mol. The molecule has 0 aliphatic carbocycles. The normalized spacial score (nSPS) is 16.2. The lowest BCUT2D eigenvalue weighted by Crippen LogP contribution is -2.36. The van der Waals surface area contributed by atoms with Crippen molar-refractivity contribution in [2.75, 3.05) is 18.6 Å². The van der Waals surface area contributed by atoms with Crippen LogP contribution >= 0.6 is 0 Å². The Kier molecular flexibility index (Phi) is 4.53. The summed E-state index contributed by atoms with van der Waals surface area (Å²) in [4.78, 5) is 2.49. The Balaban J connectivity index is 1.73. The maximum atomic E-state index is 9.58. The molecule has 0 bridgehead atoms. The number of aromatic hydroxyl groups is 1. The zero-order chi connectivity index (χ0) is 17.9. The van der Waals surface area contributed by atoms with E-state index in [4.69, 9.17) is 4.74 Å². The molecule has 132 valence electrons. The van der Waals surface area contributed by atoms with E-state index >= 15 is 0 Å². The van der Waals surface area contributed by atoms with Gasteiger partial charge in [-0.2, -0.15) is 0 Å². The number of nitrogens with zero attached hydrogens (tertiary/aromatic N) is 1. The van der Waals surface area contributed by atoms with Gasteiger partial charge in [0.25, 0.3) is 0 Å². The minimum Gasteiger partial charge on any atom is -0.508 e. The molecule has 0 saturated carbocycles. The van der Waals surface area contributed by atoms with Gasteiger partial charge in [0.1, 0.15) is 11.5 Å². The molecule has 1 heterocycles. The van der Waals surface area contributed by atoms with Gasteiger partial charge in [0.15, 0.2) is 0 Å². The highest BCUT2D eigenvalue weighted by molar-refractivity contribution is 5.53. The van der Waals surface area contributed by atoms with Gasteiger partial charge in [-0.05, 0) is 65.9 Å². The number of hydrogen-bond acceptors (Lipinski definition) is 3. The summed E-state index contributed by atoms with van der Waals surface area (Å²) in [6, 6.07) is 24.8. The van der Waals surface area contributed by atoms with Crippen molar-refractivity contribution in [1.29, 1.82) is 0 Å². The van der Waals surface area contributed by atoms with E-state index in [1.165, 1.54) is 22.4 Å². The van der Waals surface area contributed by atoms with Crippen molar-refractivity contribution in [3.05, 3.63) is 89.5 Å². The number of para-hydroxylation sites is 1. The van der Waals surface area contributed by atoms with Gasteiger partial charge >= 0.3 is 0 Å². The molecule has 3 heteroatoms. The molecule has 4 rings (SSSR count). The molecule has 26 heavy (non-hydrogen) atoms. The third-order valence-corrected chi connectivity index (χ3v) is 5.16. The van der Waals surface area contributed by atoms with E-state index in [2.05, 4.69) is 53.4 Å². The largest absolute Gasteiger partial charge is 0.508 e. The fourth-order valence-corrected chi connectivity index (χ4v) is 3.82. The molecule has 0 radical (unpaired) electrons. The Bertz CT molecular complexity index is 874. The first-order valence-electron chi connectivity index (χ1n) is 9.01. The summed E-state index contributed by atoms with van der Waals surface area (Å²) in [5.74, 6) is 1.22. The average Bonchev–Trinajstić information content (AvgIpc) is 2.70. The van der Waals surface area contributed by atoms with Gasteiger partial charge in [-0.3, -0.25) is 0 Å². The molecule has 0 amide bonds. The topological polar surface area (TPSA) is 32.7 Å². The van der Waals surface area contributed by atoms with Crippen LogP contribution < -0.4 is 9.64 Å². The van der Waals surface area contributed by atoms with Gasteiger partial charge in [-0.1, -0.05) is 36.4 Å². The molecular formula is C23H23NO2. The summed E-state index contributed by atoms with van der Waals surface area (Å²) in [5, 5.41) is 9.58. The minimum absolute atomic E-state index is 0.261. The fraction of sp³-hybridized carbons (Fsp3) is 0.217. The standard InChI is InChI=1S/C23H23NO2/c1-26-21-11-12-22-18(16-21)13-14-24(19-5-3-2-4-6-19)23(22)15-17-7-9-20(25)10-8-17/h2-12,16,23,25H,13-15H2,1H3. The first-order chi connectivity index (χ1) is 12.7. The Morgan fingerprint density at radius 3 is 2.50 bits per heavy atom. The second-order valence-electron chi connectivity index (χ2n) is 6.73. The van der Waals surface area contributed by atoms with Crippen molar-refractivity contribution in [3.8, 4) is 11.5 Å². The van der Waals surface area contributed by atoms with E-state index in [0.29, 0.717) is 5.75 Å². The van der Waals surface area contributed by atoms with Crippen molar-refractivity contribution in [3.63, 3.8) is 0 Å². The molecule has 0 fully saturated rings. The van der Waals surface area contributed by atoms with E-state index < -0.39 is 0 Å². The van der Waals surface area contributed by atoms with Crippen molar-refractivity contribution in [2.45, 2.75) is 18.9 Å². The van der Waals surface area contributed by atoms with E-state index in [-0.39, 0.29) is 6.04 Å². The molecule has 1 N–H and O–H groups in total. The van der Waals surface area contributed by atoms with Crippen LogP contribution in [0.3, 0.4) is 0 Å². The zero-order valence-electron chi connectivity index (χ0n) is 14.9. The zero-order valence-corrected chi connectivity index (χ0v) is 14.9. The van der Waals surface area contributed by atoms with Crippen LogP contribution in [0.5, 0.6) is 11.5 Å².